The fourth-order valence-corrected chi connectivity index (χ4v) is 6.70. The van der Waals surface area contributed by atoms with Crippen LogP contribution in [0.5, 0.6) is 0 Å². The molecule has 2 aliphatic carbocycles. The topological polar surface area (TPSA) is 123 Å². The van der Waals surface area contributed by atoms with Crippen LogP contribution in [-0.2, 0) is 4.74 Å². The van der Waals surface area contributed by atoms with Crippen molar-refractivity contribution >= 4 is 41.7 Å². The molecule has 6 aromatic rings. The third-order valence-corrected chi connectivity index (χ3v) is 10.0. The highest BCUT2D eigenvalue weighted by Gasteiger charge is 2.40. The summed E-state index contributed by atoms with van der Waals surface area (Å²) >= 11 is 0. The number of nitrogens with one attached hydrogen (secondary N) is 3. The van der Waals surface area contributed by atoms with Crippen LogP contribution < -0.4 is 21.7 Å². The number of carbonyl (C=O) groups excluding carboxylic acids is 3. The molecule has 0 spiro atoms. The molecule has 0 bridgehead atoms. The first-order chi connectivity index (χ1) is 27.5. The van der Waals surface area contributed by atoms with Gasteiger partial charge in [-0.3, -0.25) is 9.59 Å². The van der Waals surface area contributed by atoms with Gasteiger partial charge in [0.25, 0.3) is 11.8 Å². The quantitative estimate of drug-likeness (QED) is 0.116. The van der Waals surface area contributed by atoms with Crippen molar-refractivity contribution in [3.63, 3.8) is 0 Å². The summed E-state index contributed by atoms with van der Waals surface area (Å²) < 4.78 is 5.31. The standard InChI is InChI=1S/C27H28N2O3.C22H20N2O.ClH/c1-27(2,3)32-26(31)29-24-17-23(24)20-13-15-22(16-14-20)28-25(30)21-11-9-19(10-12-21)18-7-5-4-6-8-18;23-21-14-20(21)17-10-12-19(13-11-17)24-22(25)18-8-6-16(7-9-18)15-4-2-1-3-5-15;/h4-16,23-24H,17H2,1-3H3,(H,28,30)(H,29,31);1-13,20-21H,14,23H2,(H,24,25);1H/t23-,24+;20-,21+;/m00./s1. The summed E-state index contributed by atoms with van der Waals surface area (Å²) in [6.07, 6.45) is 1.56. The van der Waals surface area contributed by atoms with E-state index in [1.807, 2.05) is 166 Å². The largest absolute Gasteiger partial charge is 0.444 e. The Balaban J connectivity index is 0.000000198. The third-order valence-electron chi connectivity index (χ3n) is 10.0. The minimum Gasteiger partial charge on any atom is -0.444 e. The van der Waals surface area contributed by atoms with E-state index in [4.69, 9.17) is 10.5 Å². The first kappa shape index (κ1) is 41.4. The molecule has 9 heteroatoms. The molecule has 6 aromatic carbocycles. The highest BCUT2D eigenvalue weighted by atomic mass is 35.5. The van der Waals surface area contributed by atoms with Crippen LogP contribution in [0, 0.1) is 0 Å². The van der Waals surface area contributed by atoms with Crippen LogP contribution in [0.25, 0.3) is 22.3 Å². The molecule has 8 nitrogen and oxygen atoms in total. The molecule has 0 unspecified atom stereocenters. The summed E-state index contributed by atoms with van der Waals surface area (Å²) in [6, 6.07) is 51.6. The zero-order chi connectivity index (χ0) is 39.9. The molecule has 2 fully saturated rings. The minimum atomic E-state index is -0.504. The summed E-state index contributed by atoms with van der Waals surface area (Å²) in [6.45, 7) is 5.55. The Labute approximate surface area is 346 Å². The number of amides is 3. The van der Waals surface area contributed by atoms with E-state index in [2.05, 4.69) is 28.1 Å². The van der Waals surface area contributed by atoms with Gasteiger partial charge < -0.3 is 26.4 Å². The summed E-state index contributed by atoms with van der Waals surface area (Å²) in [5.74, 6) is 0.511. The van der Waals surface area contributed by atoms with E-state index in [0.717, 1.165) is 52.0 Å². The normalized spacial score (nSPS) is 17.6. The number of benzene rings is 6. The third kappa shape index (κ3) is 11.2. The number of rotatable bonds is 9. The number of hydrogen-bond acceptors (Lipinski definition) is 5. The van der Waals surface area contributed by atoms with Crippen molar-refractivity contribution in [2.24, 2.45) is 5.73 Å². The second-order valence-corrected chi connectivity index (χ2v) is 15.6. The van der Waals surface area contributed by atoms with Crippen molar-refractivity contribution < 1.29 is 19.1 Å². The van der Waals surface area contributed by atoms with Crippen LogP contribution >= 0.6 is 12.4 Å². The Morgan fingerprint density at radius 1 is 0.534 bits per heavy atom. The molecule has 8 rings (SSSR count). The molecule has 0 aromatic heterocycles. The van der Waals surface area contributed by atoms with Crippen LogP contribution in [0.1, 0.15) is 77.3 Å². The van der Waals surface area contributed by atoms with Gasteiger partial charge in [0.15, 0.2) is 0 Å². The Morgan fingerprint density at radius 2 is 0.914 bits per heavy atom. The molecule has 3 amide bonds. The van der Waals surface area contributed by atoms with Gasteiger partial charge in [-0.1, -0.05) is 109 Å². The lowest BCUT2D eigenvalue weighted by atomic mass is 10.0. The number of carbonyl (C=O) groups is 3. The predicted octanol–water partition coefficient (Wildman–Crippen LogP) is 10.8. The van der Waals surface area contributed by atoms with E-state index in [0.29, 0.717) is 23.1 Å². The Bertz CT molecular complexity index is 2290. The second-order valence-electron chi connectivity index (χ2n) is 15.6. The van der Waals surface area contributed by atoms with Crippen LogP contribution in [0.2, 0.25) is 0 Å². The lowest BCUT2D eigenvalue weighted by molar-refractivity contribution is 0.0522. The van der Waals surface area contributed by atoms with Gasteiger partial charge in [0.05, 0.1) is 0 Å². The number of alkyl carbamates (subject to hydrolysis) is 1. The summed E-state index contributed by atoms with van der Waals surface area (Å²) in [4.78, 5) is 36.9. The lowest BCUT2D eigenvalue weighted by Crippen LogP contribution is -2.34. The van der Waals surface area contributed by atoms with Gasteiger partial charge in [0, 0.05) is 46.4 Å². The van der Waals surface area contributed by atoms with Crippen LogP contribution in [0.3, 0.4) is 0 Å². The van der Waals surface area contributed by atoms with E-state index in [1.165, 1.54) is 5.56 Å². The van der Waals surface area contributed by atoms with Crippen molar-refractivity contribution in [2.45, 2.75) is 63.1 Å². The SMILES string of the molecule is CC(C)(C)OC(=O)N[C@@H]1C[C@H]1c1ccc(NC(=O)c2ccc(-c3ccccc3)cc2)cc1.Cl.N[C@@H]1C[C@H]1c1ccc(NC(=O)c2ccc(-c3ccccc3)cc2)cc1. The fourth-order valence-electron chi connectivity index (χ4n) is 6.70. The van der Waals surface area contributed by atoms with Gasteiger partial charge in [-0.05, 0) is 116 Å². The van der Waals surface area contributed by atoms with E-state index in [-0.39, 0.29) is 42.3 Å². The first-order valence-electron chi connectivity index (χ1n) is 19.4. The summed E-state index contributed by atoms with van der Waals surface area (Å²) in [5, 5.41) is 8.80. The molecule has 2 aliphatic rings. The first-order valence-corrected chi connectivity index (χ1v) is 19.4. The molecule has 0 radical (unpaired) electrons. The van der Waals surface area contributed by atoms with Crippen molar-refractivity contribution in [1.29, 1.82) is 0 Å². The maximum absolute atomic E-state index is 12.6. The van der Waals surface area contributed by atoms with Gasteiger partial charge in [-0.25, -0.2) is 4.79 Å². The molecule has 0 saturated heterocycles. The van der Waals surface area contributed by atoms with E-state index in [1.54, 1.807) is 0 Å². The highest BCUT2D eigenvalue weighted by Crippen LogP contribution is 2.41. The maximum atomic E-state index is 12.6. The molecule has 0 aliphatic heterocycles. The zero-order valence-corrected chi connectivity index (χ0v) is 33.7. The molecule has 2 saturated carbocycles. The van der Waals surface area contributed by atoms with Gasteiger partial charge in [-0.15, -0.1) is 12.4 Å². The minimum absolute atomic E-state index is 0. The summed E-state index contributed by atoms with van der Waals surface area (Å²) in [5.41, 5.74) is 15.0. The van der Waals surface area contributed by atoms with Gasteiger partial charge in [0.2, 0.25) is 0 Å². The number of nitrogens with two attached hydrogens (primary N) is 1. The van der Waals surface area contributed by atoms with Crippen LogP contribution in [-0.4, -0.2) is 35.6 Å². The zero-order valence-electron chi connectivity index (χ0n) is 32.9. The van der Waals surface area contributed by atoms with Gasteiger partial charge in [-0.2, -0.15) is 0 Å². The monoisotopic (exact) mass is 792 g/mol. The lowest BCUT2D eigenvalue weighted by Gasteiger charge is -2.19. The molecule has 5 N–H and O–H groups in total. The number of ether oxygens (including phenoxy) is 1. The summed E-state index contributed by atoms with van der Waals surface area (Å²) in [7, 11) is 0. The van der Waals surface area contributed by atoms with E-state index in [9.17, 15) is 14.4 Å². The Kier molecular flexibility index (Phi) is 13.1. The Hall–Kier alpha value is -6.22. The average molecular weight is 793 g/mol. The molecule has 4 atom stereocenters. The van der Waals surface area contributed by atoms with Crippen molar-refractivity contribution in [3.05, 3.63) is 180 Å². The van der Waals surface area contributed by atoms with Gasteiger partial charge in [0.1, 0.15) is 5.60 Å². The van der Waals surface area contributed by atoms with Crippen molar-refractivity contribution in [1.82, 2.24) is 5.32 Å². The molecular formula is C49H49ClN4O4. The van der Waals surface area contributed by atoms with Crippen LogP contribution in [0.15, 0.2) is 158 Å². The number of hydrogen-bond donors (Lipinski definition) is 4. The smallest absolute Gasteiger partial charge is 0.407 e. The number of halogens is 1. The molecule has 296 valence electrons. The second kappa shape index (κ2) is 18.4. The fraction of sp³-hybridized carbons (Fsp3) is 0.204. The maximum Gasteiger partial charge on any atom is 0.407 e. The molecule has 58 heavy (non-hydrogen) atoms. The van der Waals surface area contributed by atoms with E-state index < -0.39 is 5.60 Å². The molecular weight excluding hydrogens is 744 g/mol. The van der Waals surface area contributed by atoms with E-state index >= 15 is 0 Å². The predicted molar refractivity (Wildman–Crippen MR) is 236 cm³/mol. The van der Waals surface area contributed by atoms with Gasteiger partial charge >= 0.3 is 6.09 Å². The average Bonchev–Trinajstić information content (AvgIpc) is 4.16. The number of anilines is 2. The Morgan fingerprint density at radius 3 is 1.29 bits per heavy atom. The van der Waals surface area contributed by atoms with Crippen molar-refractivity contribution in [3.8, 4) is 22.3 Å². The highest BCUT2D eigenvalue weighted by molar-refractivity contribution is 6.05. The van der Waals surface area contributed by atoms with Crippen LogP contribution in [0.4, 0.5) is 16.2 Å². The van der Waals surface area contributed by atoms with Crippen molar-refractivity contribution in [2.75, 3.05) is 10.6 Å². The molecule has 0 heterocycles.